The second-order valence-corrected chi connectivity index (χ2v) is 2.07. The molecule has 0 bridgehead atoms. The molecule has 2 nitrogen and oxygen atoms in total. The van der Waals surface area contributed by atoms with Crippen molar-refractivity contribution in [2.45, 2.75) is 12.2 Å². The molecule has 0 aliphatic heterocycles. The first-order valence-electron chi connectivity index (χ1n) is 3.27. The van der Waals surface area contributed by atoms with Crippen molar-refractivity contribution in [1.82, 2.24) is 0 Å². The van der Waals surface area contributed by atoms with E-state index < -0.39 is 12.2 Å². The molecular formula is C9H13O2. The van der Waals surface area contributed by atoms with Crippen molar-refractivity contribution in [2.75, 3.05) is 0 Å². The summed E-state index contributed by atoms with van der Waals surface area (Å²) in [5, 5.41) is 18.4. The zero-order valence-corrected chi connectivity index (χ0v) is 6.40. The van der Waals surface area contributed by atoms with Crippen LogP contribution in [0.25, 0.3) is 0 Å². The molecule has 0 heterocycles. The van der Waals surface area contributed by atoms with Gasteiger partial charge in [-0.3, -0.25) is 0 Å². The van der Waals surface area contributed by atoms with Crippen LogP contribution < -0.4 is 0 Å². The van der Waals surface area contributed by atoms with Crippen molar-refractivity contribution in [3.63, 3.8) is 0 Å². The van der Waals surface area contributed by atoms with E-state index >= 15 is 0 Å². The molecule has 0 saturated carbocycles. The van der Waals surface area contributed by atoms with Crippen LogP contribution >= 0.6 is 0 Å². The maximum Gasteiger partial charge on any atom is 0.0847 e. The second-order valence-electron chi connectivity index (χ2n) is 2.07. The zero-order chi connectivity index (χ0) is 8.85. The monoisotopic (exact) mass is 153 g/mol. The maximum absolute atomic E-state index is 9.19. The Morgan fingerprint density at radius 2 is 1.36 bits per heavy atom. The van der Waals surface area contributed by atoms with Gasteiger partial charge in [0.25, 0.3) is 0 Å². The average molecular weight is 153 g/mol. The van der Waals surface area contributed by atoms with Crippen molar-refractivity contribution < 1.29 is 10.2 Å². The van der Waals surface area contributed by atoms with Gasteiger partial charge in [-0.05, 0) is 0 Å². The third-order valence-electron chi connectivity index (χ3n) is 1.37. The molecule has 0 amide bonds. The Kier molecular flexibility index (Phi) is 4.50. The minimum atomic E-state index is -0.847. The van der Waals surface area contributed by atoms with Crippen molar-refractivity contribution in [3.8, 4) is 0 Å². The van der Waals surface area contributed by atoms with E-state index in [2.05, 4.69) is 19.7 Å². The Bertz CT molecular complexity index is 138. The van der Waals surface area contributed by atoms with E-state index in [1.807, 2.05) is 0 Å². The second kappa shape index (κ2) is 4.88. The smallest absolute Gasteiger partial charge is 0.0847 e. The predicted molar refractivity (Wildman–Crippen MR) is 45.8 cm³/mol. The summed E-state index contributed by atoms with van der Waals surface area (Å²) in [5.74, 6) is 0.398. The van der Waals surface area contributed by atoms with Crippen LogP contribution in [0.15, 0.2) is 38.0 Å². The minimum absolute atomic E-state index is 0.398. The predicted octanol–water partition coefficient (Wildman–Crippen LogP) is 0.841. The van der Waals surface area contributed by atoms with Gasteiger partial charge in [0, 0.05) is 0 Å². The molecule has 2 unspecified atom stereocenters. The molecule has 0 saturated heterocycles. The van der Waals surface area contributed by atoms with E-state index in [9.17, 15) is 10.2 Å². The maximum atomic E-state index is 9.19. The Labute approximate surface area is 67.2 Å². The summed E-state index contributed by atoms with van der Waals surface area (Å²) in [6.45, 7) is 10.2. The topological polar surface area (TPSA) is 40.5 Å². The van der Waals surface area contributed by atoms with Gasteiger partial charge in [0.1, 0.15) is 0 Å². The molecule has 11 heavy (non-hydrogen) atoms. The molecule has 2 N–H and O–H groups in total. The van der Waals surface area contributed by atoms with E-state index in [1.165, 1.54) is 18.2 Å². The SMILES string of the molecule is C=C[C](C(O)C=C)C(O)C=C. The van der Waals surface area contributed by atoms with Gasteiger partial charge in [0.15, 0.2) is 0 Å². The average Bonchev–Trinajstić information content (AvgIpc) is 2.05. The van der Waals surface area contributed by atoms with Gasteiger partial charge in [-0.25, -0.2) is 0 Å². The number of hydrogen-bond donors (Lipinski definition) is 2. The highest BCUT2D eigenvalue weighted by molar-refractivity contribution is 5.23. The van der Waals surface area contributed by atoms with Crippen molar-refractivity contribution in [3.05, 3.63) is 43.9 Å². The largest absolute Gasteiger partial charge is 0.388 e. The van der Waals surface area contributed by atoms with Crippen LogP contribution in [0.5, 0.6) is 0 Å². The Balaban J connectivity index is 4.24. The Morgan fingerprint density at radius 1 is 1.00 bits per heavy atom. The molecule has 0 rings (SSSR count). The van der Waals surface area contributed by atoms with Crippen LogP contribution in [0.2, 0.25) is 0 Å². The lowest BCUT2D eigenvalue weighted by Crippen LogP contribution is -2.24. The fourth-order valence-corrected chi connectivity index (χ4v) is 0.689. The summed E-state index contributed by atoms with van der Waals surface area (Å²) >= 11 is 0. The Hall–Kier alpha value is -0.860. The molecule has 0 aliphatic rings. The highest BCUT2D eigenvalue weighted by Crippen LogP contribution is 2.14. The zero-order valence-electron chi connectivity index (χ0n) is 6.40. The molecule has 2 heteroatoms. The van der Waals surface area contributed by atoms with Gasteiger partial charge in [-0.2, -0.15) is 0 Å². The van der Waals surface area contributed by atoms with E-state index in [4.69, 9.17) is 0 Å². The lowest BCUT2D eigenvalue weighted by atomic mass is 9.96. The Morgan fingerprint density at radius 3 is 1.55 bits per heavy atom. The van der Waals surface area contributed by atoms with Crippen LogP contribution in [0.3, 0.4) is 0 Å². The number of aliphatic hydroxyl groups is 2. The van der Waals surface area contributed by atoms with Crippen molar-refractivity contribution >= 4 is 0 Å². The third-order valence-corrected chi connectivity index (χ3v) is 1.37. The molecule has 0 aromatic rings. The minimum Gasteiger partial charge on any atom is -0.388 e. The fraction of sp³-hybridized carbons (Fsp3) is 0.222. The van der Waals surface area contributed by atoms with Crippen LogP contribution in [-0.4, -0.2) is 22.4 Å². The van der Waals surface area contributed by atoms with Crippen molar-refractivity contribution in [2.24, 2.45) is 0 Å². The first-order chi connectivity index (χ1) is 5.17. The fourth-order valence-electron chi connectivity index (χ4n) is 0.689. The summed E-state index contributed by atoms with van der Waals surface area (Å²) in [4.78, 5) is 0. The summed E-state index contributed by atoms with van der Waals surface area (Å²) in [6, 6.07) is 0. The standard InChI is InChI=1S/C9H13O2/c1-4-7(8(10)5-2)9(11)6-3/h4-6,8-11H,1-3H2. The quantitative estimate of drug-likeness (QED) is 0.574. The molecule has 0 aromatic carbocycles. The molecule has 0 spiro atoms. The van der Waals surface area contributed by atoms with Gasteiger partial charge in [0.05, 0.1) is 18.1 Å². The summed E-state index contributed by atoms with van der Waals surface area (Å²) in [5.41, 5.74) is 0. The van der Waals surface area contributed by atoms with Crippen LogP contribution in [0, 0.1) is 5.92 Å². The molecule has 0 aliphatic carbocycles. The lowest BCUT2D eigenvalue weighted by molar-refractivity contribution is 0.169. The van der Waals surface area contributed by atoms with Gasteiger partial charge >= 0.3 is 0 Å². The normalized spacial score (nSPS) is 15.5. The van der Waals surface area contributed by atoms with Crippen LogP contribution in [0.1, 0.15) is 0 Å². The highest BCUT2D eigenvalue weighted by Gasteiger charge is 2.19. The first kappa shape index (κ1) is 10.1. The van der Waals surface area contributed by atoms with Crippen LogP contribution in [0.4, 0.5) is 0 Å². The molecule has 2 atom stereocenters. The summed E-state index contributed by atoms with van der Waals surface area (Å²) in [6.07, 6.45) is 2.35. The van der Waals surface area contributed by atoms with Gasteiger partial charge < -0.3 is 10.2 Å². The molecule has 0 aromatic heterocycles. The number of hydrogen-bond acceptors (Lipinski definition) is 2. The number of rotatable bonds is 5. The highest BCUT2D eigenvalue weighted by atomic mass is 16.3. The molecular weight excluding hydrogens is 140 g/mol. The van der Waals surface area contributed by atoms with E-state index in [-0.39, 0.29) is 0 Å². The molecule has 1 radical (unpaired) electrons. The van der Waals surface area contributed by atoms with E-state index in [1.54, 1.807) is 0 Å². The van der Waals surface area contributed by atoms with Crippen molar-refractivity contribution in [1.29, 1.82) is 0 Å². The molecule has 61 valence electrons. The lowest BCUT2D eigenvalue weighted by Gasteiger charge is -2.18. The number of aliphatic hydroxyl groups excluding tert-OH is 2. The molecule has 0 fully saturated rings. The first-order valence-corrected chi connectivity index (χ1v) is 3.27. The van der Waals surface area contributed by atoms with Gasteiger partial charge in [0.2, 0.25) is 0 Å². The van der Waals surface area contributed by atoms with E-state index in [0.717, 1.165) is 0 Å². The van der Waals surface area contributed by atoms with Crippen LogP contribution in [-0.2, 0) is 0 Å². The van der Waals surface area contributed by atoms with Gasteiger partial charge in [-0.15, -0.1) is 19.7 Å². The summed E-state index contributed by atoms with van der Waals surface area (Å²) in [7, 11) is 0. The third kappa shape index (κ3) is 2.70. The van der Waals surface area contributed by atoms with Gasteiger partial charge in [-0.1, -0.05) is 18.2 Å². The van der Waals surface area contributed by atoms with E-state index in [0.29, 0.717) is 5.92 Å². The summed E-state index contributed by atoms with van der Waals surface area (Å²) < 4.78 is 0.